The van der Waals surface area contributed by atoms with Crippen molar-refractivity contribution in [2.45, 2.75) is 57.0 Å². The third-order valence-electron chi connectivity index (χ3n) is 8.35. The van der Waals surface area contributed by atoms with E-state index in [4.69, 9.17) is 28.2 Å². The number of aromatic nitrogens is 4. The van der Waals surface area contributed by atoms with Gasteiger partial charge in [0.1, 0.15) is 12.1 Å². The van der Waals surface area contributed by atoms with E-state index in [2.05, 4.69) is 30.6 Å². The first kappa shape index (κ1) is 41.4. The minimum absolute atomic E-state index is 0.0138. The molecule has 1 aliphatic rings. The van der Waals surface area contributed by atoms with E-state index in [1.807, 2.05) is 11.9 Å². The Kier molecular flexibility index (Phi) is 13.3. The van der Waals surface area contributed by atoms with Gasteiger partial charge in [-0.1, -0.05) is 23.7 Å². The number of nitrogen functional groups attached to an aromatic ring is 2. The van der Waals surface area contributed by atoms with Crippen molar-refractivity contribution in [3.63, 3.8) is 0 Å². The Morgan fingerprint density at radius 1 is 1.07 bits per heavy atom. The zero-order valence-electron chi connectivity index (χ0n) is 29.3. The fourth-order valence-electron chi connectivity index (χ4n) is 5.37. The van der Waals surface area contributed by atoms with Crippen molar-refractivity contribution in [1.82, 2.24) is 35.5 Å². The number of hydrogen-bond donors (Lipinski definition) is 6. The second-order valence-corrected chi connectivity index (χ2v) is 12.6. The number of rotatable bonds is 12. The third-order valence-corrected chi connectivity index (χ3v) is 8.80. The molecule has 3 amide bonds. The van der Waals surface area contributed by atoms with E-state index in [1.54, 1.807) is 18.3 Å². The molecule has 2 aromatic heterocycles. The molecule has 0 radical (unpaired) electrons. The number of anilines is 3. The van der Waals surface area contributed by atoms with Gasteiger partial charge in [0.2, 0.25) is 17.8 Å². The van der Waals surface area contributed by atoms with Crippen molar-refractivity contribution in [2.75, 3.05) is 30.5 Å². The van der Waals surface area contributed by atoms with E-state index >= 15 is 0 Å². The molecule has 4 aromatic rings. The molecule has 0 spiro atoms. The molecule has 55 heavy (non-hydrogen) atoms. The molecule has 21 heteroatoms. The predicted molar refractivity (Wildman–Crippen MR) is 192 cm³/mol. The van der Waals surface area contributed by atoms with Gasteiger partial charge in [0.15, 0.2) is 17.0 Å². The van der Waals surface area contributed by atoms with Crippen LogP contribution in [-0.4, -0.2) is 90.9 Å². The van der Waals surface area contributed by atoms with Crippen LogP contribution in [0.25, 0.3) is 11.2 Å². The Hall–Kier alpha value is -6.31. The molecule has 0 aliphatic carbocycles. The number of nitrogens with zero attached hydrogens (tertiary/aromatic N) is 6. The number of amides is 3. The molecule has 5 rings (SSSR count). The minimum atomic E-state index is -4.55. The van der Waals surface area contributed by atoms with Gasteiger partial charge in [0.25, 0.3) is 5.91 Å². The monoisotopic (exact) mass is 788 g/mol. The smallest absolute Gasteiger partial charge is 0.417 e. The summed E-state index contributed by atoms with van der Waals surface area (Å²) in [4.78, 5) is 77.4. The molecule has 8 N–H and O–H groups in total. The summed E-state index contributed by atoms with van der Waals surface area (Å²) in [5.74, 6) is -3.44. The van der Waals surface area contributed by atoms with Crippen molar-refractivity contribution in [2.24, 2.45) is 0 Å². The van der Waals surface area contributed by atoms with Crippen LogP contribution in [0.3, 0.4) is 0 Å². The maximum Gasteiger partial charge on any atom is 0.417 e. The van der Waals surface area contributed by atoms with Gasteiger partial charge in [-0.2, -0.15) is 23.1 Å². The number of carboxylic acid groups (broad SMARTS) is 2. The Morgan fingerprint density at radius 3 is 2.36 bits per heavy atom. The highest BCUT2D eigenvalue weighted by atomic mass is 35.5. The first-order valence-corrected chi connectivity index (χ1v) is 16.7. The number of nitrogens with two attached hydrogens (primary N) is 2. The zero-order chi connectivity index (χ0) is 40.6. The molecule has 2 atom stereocenters. The Morgan fingerprint density at radius 2 is 1.76 bits per heavy atom. The first-order chi connectivity index (χ1) is 25.8. The Labute approximate surface area is 315 Å². The highest BCUT2D eigenvalue weighted by Crippen LogP contribution is 2.36. The lowest BCUT2D eigenvalue weighted by Gasteiger charge is -2.19. The van der Waals surface area contributed by atoms with Crippen molar-refractivity contribution in [1.29, 1.82) is 0 Å². The average molecular weight is 789 g/mol. The van der Waals surface area contributed by atoms with Crippen LogP contribution in [0.5, 0.6) is 0 Å². The summed E-state index contributed by atoms with van der Waals surface area (Å²) in [7, 11) is 3.34. The SMILES string of the molecule is CN(Cc1cnc2nc(N)nc(N)c2n1)c1ccc(C(=O)N[C@@H](CCC(=O)O)C(=O)O)cc1.CN1C(=O)CC[C@H]1C(=O)NCc1cccc(C(F)(F)F)c1Cl. The Bertz CT molecular complexity index is 2090. The molecule has 17 nitrogen and oxygen atoms in total. The second kappa shape index (κ2) is 17.7. The molecule has 2 aromatic carbocycles. The number of likely N-dealkylation sites (tertiary alicyclic amines) is 1. The predicted octanol–water partition coefficient (Wildman–Crippen LogP) is 2.86. The molecule has 1 saturated heterocycles. The van der Waals surface area contributed by atoms with E-state index in [1.165, 1.54) is 36.2 Å². The fourth-order valence-corrected chi connectivity index (χ4v) is 5.67. The number of nitrogens with one attached hydrogen (secondary N) is 2. The number of likely N-dealkylation sites (N-methyl/N-ethyl adjacent to an activating group) is 1. The third kappa shape index (κ3) is 10.9. The van der Waals surface area contributed by atoms with Crippen LogP contribution in [0.15, 0.2) is 48.7 Å². The van der Waals surface area contributed by atoms with Gasteiger partial charge in [-0.15, -0.1) is 0 Å². The van der Waals surface area contributed by atoms with Crippen LogP contribution in [0.1, 0.15) is 52.9 Å². The lowest BCUT2D eigenvalue weighted by molar-refractivity contribution is -0.141. The van der Waals surface area contributed by atoms with E-state index in [0.29, 0.717) is 36.2 Å². The number of alkyl halides is 3. The lowest BCUT2D eigenvalue weighted by atomic mass is 10.1. The van der Waals surface area contributed by atoms with Crippen molar-refractivity contribution in [3.8, 4) is 0 Å². The number of aliphatic carboxylic acids is 2. The van der Waals surface area contributed by atoms with E-state index in [9.17, 15) is 42.3 Å². The molecule has 1 aliphatic heterocycles. The van der Waals surface area contributed by atoms with E-state index in [-0.39, 0.29) is 48.2 Å². The molecule has 0 bridgehead atoms. The molecular weight excluding hydrogens is 753 g/mol. The maximum atomic E-state index is 12.8. The number of benzene rings is 2. The van der Waals surface area contributed by atoms with Crippen molar-refractivity contribution in [3.05, 3.63) is 76.1 Å². The van der Waals surface area contributed by atoms with E-state index in [0.717, 1.165) is 11.8 Å². The standard InChI is InChI=1S/C20H22N8O5.C14H14ClF3N2O2/c1-28(9-11-8-23-17-15(24-11)16(21)26-20(22)27-17)12-4-2-10(3-5-12)18(31)25-13(19(32)33)6-7-14(29)30;1-20-10(5-6-11(20)21)13(22)19-7-8-3-2-4-9(12(8)15)14(16,17)18/h2-5,8,13H,6-7,9H2,1H3,(H,25,31)(H,29,30)(H,32,33)(H4,21,22,23,26,27);2-4,10H,5-7H2,1H3,(H,19,22)/t13-;10-/m00/s1. The molecule has 0 unspecified atom stereocenters. The van der Waals surface area contributed by atoms with Crippen LogP contribution in [0.2, 0.25) is 5.02 Å². The number of fused-ring (bicyclic) bond motifs is 1. The van der Waals surface area contributed by atoms with Gasteiger partial charge >= 0.3 is 18.1 Å². The number of carbonyl (C=O) groups excluding carboxylic acids is 3. The van der Waals surface area contributed by atoms with Crippen LogP contribution in [0, 0.1) is 0 Å². The largest absolute Gasteiger partial charge is 0.481 e. The topological polar surface area (TPSA) is 260 Å². The normalized spacial score (nSPS) is 14.5. The van der Waals surface area contributed by atoms with Gasteiger partial charge in [-0.3, -0.25) is 19.2 Å². The second-order valence-electron chi connectivity index (χ2n) is 12.3. The zero-order valence-corrected chi connectivity index (χ0v) is 30.1. The highest BCUT2D eigenvalue weighted by Gasteiger charge is 2.35. The highest BCUT2D eigenvalue weighted by molar-refractivity contribution is 6.32. The summed E-state index contributed by atoms with van der Waals surface area (Å²) in [5, 5.41) is 22.4. The van der Waals surface area contributed by atoms with Crippen LogP contribution < -0.4 is 27.0 Å². The maximum absolute atomic E-state index is 12.8. The summed E-state index contributed by atoms with van der Waals surface area (Å²) in [5.41, 5.74) is 12.9. The minimum Gasteiger partial charge on any atom is -0.481 e. The number of halogens is 4. The number of carboxylic acids is 2. The van der Waals surface area contributed by atoms with Crippen molar-refractivity contribution >= 4 is 69.9 Å². The van der Waals surface area contributed by atoms with Crippen molar-refractivity contribution < 1.29 is 47.4 Å². The lowest BCUT2D eigenvalue weighted by Crippen LogP contribution is -2.42. The van der Waals surface area contributed by atoms with Crippen LogP contribution in [0.4, 0.5) is 30.6 Å². The summed E-state index contributed by atoms with van der Waals surface area (Å²) in [6, 6.07) is 8.12. The summed E-state index contributed by atoms with van der Waals surface area (Å²) >= 11 is 5.75. The molecule has 3 heterocycles. The quantitative estimate of drug-likeness (QED) is 0.121. The van der Waals surface area contributed by atoms with Gasteiger partial charge < -0.3 is 42.1 Å². The average Bonchev–Trinajstić information content (AvgIpc) is 3.46. The molecular formula is C34H36ClF3N10O7. The Balaban J connectivity index is 0.000000265. The molecule has 292 valence electrons. The van der Waals surface area contributed by atoms with Gasteiger partial charge in [0.05, 0.1) is 29.0 Å². The molecule has 1 fully saturated rings. The molecule has 0 saturated carbocycles. The summed E-state index contributed by atoms with van der Waals surface area (Å²) in [6.45, 7) is 0.245. The van der Waals surface area contributed by atoms with Gasteiger partial charge in [-0.05, 0) is 48.7 Å². The first-order valence-electron chi connectivity index (χ1n) is 16.3. The number of carbonyl (C=O) groups is 5. The summed E-state index contributed by atoms with van der Waals surface area (Å²) < 4.78 is 38.3. The van der Waals surface area contributed by atoms with E-state index < -0.39 is 52.6 Å². The van der Waals surface area contributed by atoms with Crippen LogP contribution in [-0.2, 0) is 38.4 Å². The van der Waals surface area contributed by atoms with Gasteiger partial charge in [-0.25, -0.2) is 14.8 Å². The summed E-state index contributed by atoms with van der Waals surface area (Å²) in [6.07, 6.45) is -2.89. The fraction of sp³-hybridized carbons (Fsp3) is 0.324. The van der Waals surface area contributed by atoms with Gasteiger partial charge in [0, 0.05) is 44.7 Å². The number of hydrogen-bond acceptors (Lipinski definition) is 12. The van der Waals surface area contributed by atoms with Crippen LogP contribution >= 0.6 is 11.6 Å².